The highest BCUT2D eigenvalue weighted by atomic mass is 35.5. The van der Waals surface area contributed by atoms with Gasteiger partial charge >= 0.3 is 0 Å². The zero-order chi connectivity index (χ0) is 5.82. The smallest absolute Gasteiger partial charge is 0.0279 e. The molecule has 0 nitrogen and oxygen atoms in total. The van der Waals surface area contributed by atoms with Crippen LogP contribution in [0, 0.1) is 0 Å². The van der Waals surface area contributed by atoms with Gasteiger partial charge in [-0.15, -0.1) is 11.3 Å². The standard InChI is InChI=1S/C6H5ClS/c7-4-3-6-2-1-5-8-6/h1-5H/b4-3-. The Morgan fingerprint density at radius 1 is 1.62 bits per heavy atom. The van der Waals surface area contributed by atoms with Crippen LogP contribution in [0.1, 0.15) is 4.88 Å². The highest BCUT2D eigenvalue weighted by molar-refractivity contribution is 7.10. The third-order valence-electron chi connectivity index (χ3n) is 0.770. The number of halogens is 1. The van der Waals surface area contributed by atoms with Crippen LogP contribution < -0.4 is 0 Å². The topological polar surface area (TPSA) is 0 Å². The Kier molecular flexibility index (Phi) is 2.12. The first-order valence-electron chi connectivity index (χ1n) is 2.24. The largest absolute Gasteiger partial charge is 0.144 e. The molecule has 0 aliphatic heterocycles. The predicted octanol–water partition coefficient (Wildman–Crippen LogP) is 2.96. The highest BCUT2D eigenvalue weighted by Gasteiger charge is 1.80. The summed E-state index contributed by atoms with van der Waals surface area (Å²) < 4.78 is 0. The minimum absolute atomic E-state index is 1.19. The van der Waals surface area contributed by atoms with Gasteiger partial charge < -0.3 is 0 Å². The van der Waals surface area contributed by atoms with Crippen molar-refractivity contribution in [2.45, 2.75) is 0 Å². The molecular formula is C6H5ClS. The highest BCUT2D eigenvalue weighted by Crippen LogP contribution is 2.10. The molecule has 0 saturated heterocycles. The second kappa shape index (κ2) is 2.90. The van der Waals surface area contributed by atoms with Crippen LogP contribution in [0.3, 0.4) is 0 Å². The molecule has 1 rings (SSSR count). The molecule has 0 unspecified atom stereocenters. The van der Waals surface area contributed by atoms with E-state index in [0.717, 1.165) is 0 Å². The first-order chi connectivity index (χ1) is 3.93. The van der Waals surface area contributed by atoms with Gasteiger partial charge in [0, 0.05) is 10.4 Å². The fourth-order valence-electron chi connectivity index (χ4n) is 0.448. The van der Waals surface area contributed by atoms with E-state index in [2.05, 4.69) is 0 Å². The van der Waals surface area contributed by atoms with Gasteiger partial charge in [0.05, 0.1) is 0 Å². The monoisotopic (exact) mass is 144 g/mol. The van der Waals surface area contributed by atoms with Crippen LogP contribution in [0.25, 0.3) is 6.08 Å². The first-order valence-corrected chi connectivity index (χ1v) is 3.55. The molecule has 0 aliphatic rings. The van der Waals surface area contributed by atoms with Crippen LogP contribution in [0.4, 0.5) is 0 Å². The van der Waals surface area contributed by atoms with E-state index in [1.54, 1.807) is 11.3 Å². The van der Waals surface area contributed by atoms with E-state index in [0.29, 0.717) is 0 Å². The lowest BCUT2D eigenvalue weighted by atomic mass is 10.5. The lowest BCUT2D eigenvalue weighted by Crippen LogP contribution is -1.48. The van der Waals surface area contributed by atoms with Crippen molar-refractivity contribution in [2.75, 3.05) is 0 Å². The van der Waals surface area contributed by atoms with Crippen LogP contribution in [0.2, 0.25) is 0 Å². The Bertz CT molecular complexity index is 165. The second-order valence-electron chi connectivity index (χ2n) is 1.31. The summed E-state index contributed by atoms with van der Waals surface area (Å²) in [5.41, 5.74) is 1.52. The summed E-state index contributed by atoms with van der Waals surface area (Å²) >= 11 is 7.00. The van der Waals surface area contributed by atoms with E-state index in [1.807, 2.05) is 23.6 Å². The lowest BCUT2D eigenvalue weighted by molar-refractivity contribution is 1.96. The molecule has 0 amide bonds. The molecule has 1 aromatic rings. The van der Waals surface area contributed by atoms with Crippen molar-refractivity contribution in [1.29, 1.82) is 0 Å². The molecule has 0 radical (unpaired) electrons. The maximum absolute atomic E-state index is 5.32. The fourth-order valence-corrected chi connectivity index (χ4v) is 1.28. The molecule has 8 heavy (non-hydrogen) atoms. The average Bonchev–Trinajstić information content (AvgIpc) is 2.19. The lowest BCUT2D eigenvalue weighted by Gasteiger charge is -1.73. The van der Waals surface area contributed by atoms with Crippen LogP contribution in [-0.4, -0.2) is 0 Å². The van der Waals surface area contributed by atoms with Crippen molar-refractivity contribution >= 4 is 29.0 Å². The molecule has 0 aromatic carbocycles. The molecule has 0 bridgehead atoms. The van der Waals surface area contributed by atoms with E-state index >= 15 is 0 Å². The summed E-state index contributed by atoms with van der Waals surface area (Å²) in [5.74, 6) is 0. The van der Waals surface area contributed by atoms with Crippen LogP contribution >= 0.6 is 22.9 Å². The molecule has 0 aliphatic carbocycles. The Hall–Kier alpha value is -0.270. The maximum Gasteiger partial charge on any atom is 0.0279 e. The van der Waals surface area contributed by atoms with Crippen molar-refractivity contribution in [1.82, 2.24) is 0 Å². The van der Waals surface area contributed by atoms with Gasteiger partial charge in [0.15, 0.2) is 0 Å². The number of rotatable bonds is 1. The van der Waals surface area contributed by atoms with E-state index in [-0.39, 0.29) is 0 Å². The normalized spacial score (nSPS) is 10.6. The van der Waals surface area contributed by atoms with Crippen molar-refractivity contribution in [3.63, 3.8) is 0 Å². The molecule has 1 heterocycles. The molecular weight excluding hydrogens is 140 g/mol. The zero-order valence-electron chi connectivity index (χ0n) is 4.17. The third-order valence-corrected chi connectivity index (χ3v) is 1.73. The molecule has 42 valence electrons. The van der Waals surface area contributed by atoms with Crippen LogP contribution in [-0.2, 0) is 0 Å². The maximum atomic E-state index is 5.32. The summed E-state index contributed by atoms with van der Waals surface area (Å²) in [6, 6.07) is 4.01. The second-order valence-corrected chi connectivity index (χ2v) is 2.54. The summed E-state index contributed by atoms with van der Waals surface area (Å²) in [6.07, 6.45) is 1.87. The fraction of sp³-hybridized carbons (Fsp3) is 0. The molecule has 1 aromatic heterocycles. The van der Waals surface area contributed by atoms with Crippen LogP contribution in [0.5, 0.6) is 0 Å². The van der Waals surface area contributed by atoms with Crippen molar-refractivity contribution < 1.29 is 0 Å². The van der Waals surface area contributed by atoms with Crippen molar-refractivity contribution in [3.8, 4) is 0 Å². The van der Waals surface area contributed by atoms with E-state index in [9.17, 15) is 0 Å². The van der Waals surface area contributed by atoms with Gasteiger partial charge in [0.25, 0.3) is 0 Å². The minimum atomic E-state index is 1.19. The molecule has 2 heteroatoms. The SMILES string of the molecule is Cl/C=C\c1cccs1. The summed E-state index contributed by atoms with van der Waals surface area (Å²) in [5, 5.41) is 2.02. The zero-order valence-corrected chi connectivity index (χ0v) is 5.75. The van der Waals surface area contributed by atoms with Crippen molar-refractivity contribution in [3.05, 3.63) is 27.9 Å². The number of hydrogen-bond donors (Lipinski definition) is 0. The van der Waals surface area contributed by atoms with Gasteiger partial charge in [0.2, 0.25) is 0 Å². The Morgan fingerprint density at radius 3 is 3.00 bits per heavy atom. The Labute approximate surface area is 57.4 Å². The average molecular weight is 145 g/mol. The van der Waals surface area contributed by atoms with Gasteiger partial charge in [0.1, 0.15) is 0 Å². The molecule has 0 spiro atoms. The van der Waals surface area contributed by atoms with Crippen molar-refractivity contribution in [2.24, 2.45) is 0 Å². The molecule has 0 saturated carbocycles. The Morgan fingerprint density at radius 2 is 2.50 bits per heavy atom. The number of hydrogen-bond acceptors (Lipinski definition) is 1. The van der Waals surface area contributed by atoms with Gasteiger partial charge in [-0.3, -0.25) is 0 Å². The summed E-state index contributed by atoms with van der Waals surface area (Å²) in [7, 11) is 0. The van der Waals surface area contributed by atoms with Gasteiger partial charge in [-0.25, -0.2) is 0 Å². The van der Waals surface area contributed by atoms with E-state index in [1.165, 1.54) is 10.4 Å². The van der Waals surface area contributed by atoms with Crippen LogP contribution in [0.15, 0.2) is 23.0 Å². The summed E-state index contributed by atoms with van der Waals surface area (Å²) in [4.78, 5) is 1.19. The minimum Gasteiger partial charge on any atom is -0.144 e. The van der Waals surface area contributed by atoms with E-state index < -0.39 is 0 Å². The molecule has 0 atom stereocenters. The van der Waals surface area contributed by atoms with Gasteiger partial charge in [-0.2, -0.15) is 0 Å². The molecule has 0 N–H and O–H groups in total. The predicted molar refractivity (Wildman–Crippen MR) is 39.2 cm³/mol. The number of thiophene rings is 1. The quantitative estimate of drug-likeness (QED) is 0.569. The Balaban J connectivity index is 2.77. The summed E-state index contributed by atoms with van der Waals surface area (Å²) in [6.45, 7) is 0. The first kappa shape index (κ1) is 5.86. The van der Waals surface area contributed by atoms with Gasteiger partial charge in [-0.1, -0.05) is 17.7 Å². The van der Waals surface area contributed by atoms with E-state index in [4.69, 9.17) is 11.6 Å². The third kappa shape index (κ3) is 1.35. The molecule has 0 fully saturated rings. The van der Waals surface area contributed by atoms with Gasteiger partial charge in [-0.05, 0) is 17.5 Å².